The average Bonchev–Trinajstić information content (AvgIpc) is 3.03. The lowest BCUT2D eigenvalue weighted by molar-refractivity contribution is 0.0935. The summed E-state index contributed by atoms with van der Waals surface area (Å²) in [4.78, 5) is 18.4. The highest BCUT2D eigenvalue weighted by atomic mass is 35.5. The first kappa shape index (κ1) is 18.8. The predicted molar refractivity (Wildman–Crippen MR) is 101 cm³/mol. The van der Waals surface area contributed by atoms with Gasteiger partial charge in [-0.1, -0.05) is 23.7 Å². The van der Waals surface area contributed by atoms with Crippen molar-refractivity contribution in [2.75, 3.05) is 26.2 Å². The third-order valence-corrected chi connectivity index (χ3v) is 5.26. The Morgan fingerprint density at radius 3 is 2.54 bits per heavy atom. The maximum atomic E-state index is 12.4. The number of aromatic hydroxyl groups is 1. The van der Waals surface area contributed by atoms with Gasteiger partial charge in [0.15, 0.2) is 5.78 Å². The lowest BCUT2D eigenvalue weighted by atomic mass is 9.91. The molecule has 1 aliphatic heterocycles. The van der Waals surface area contributed by atoms with Crippen LogP contribution in [0.5, 0.6) is 5.75 Å². The highest BCUT2D eigenvalue weighted by Crippen LogP contribution is 2.27. The standard InChI is InChI=1S/C20H23ClN2O3/c21-17-5-2-14(3-6-17)1-4-15-10-23(11-16(15)13-24)12-20(26)19-8-7-18(25)9-22-19/h2-3,5-9,15-16,24-25H,1,4,10-13H2/t15-,16-/m1/s1. The van der Waals surface area contributed by atoms with Gasteiger partial charge in [-0.3, -0.25) is 9.69 Å². The molecule has 0 radical (unpaired) electrons. The lowest BCUT2D eigenvalue weighted by Gasteiger charge is -2.16. The number of aromatic nitrogens is 1. The maximum Gasteiger partial charge on any atom is 0.195 e. The Morgan fingerprint density at radius 1 is 1.15 bits per heavy atom. The Labute approximate surface area is 158 Å². The van der Waals surface area contributed by atoms with E-state index in [0.29, 0.717) is 18.2 Å². The molecule has 0 bridgehead atoms. The van der Waals surface area contributed by atoms with Gasteiger partial charge in [0, 0.05) is 24.7 Å². The molecule has 1 aromatic heterocycles. The topological polar surface area (TPSA) is 73.7 Å². The molecule has 5 nitrogen and oxygen atoms in total. The SMILES string of the molecule is O=C(CN1C[C@@H](CCc2ccc(Cl)cc2)[C@@H](CO)C1)c1ccc(O)cn1. The highest BCUT2D eigenvalue weighted by molar-refractivity contribution is 6.30. The number of aryl methyl sites for hydroxylation is 1. The Balaban J connectivity index is 1.55. The Hall–Kier alpha value is -1.95. The molecule has 2 aromatic rings. The molecule has 138 valence electrons. The second-order valence-corrected chi connectivity index (χ2v) is 7.32. The molecular weight excluding hydrogens is 352 g/mol. The molecule has 0 spiro atoms. The van der Waals surface area contributed by atoms with Crippen molar-refractivity contribution >= 4 is 17.4 Å². The Morgan fingerprint density at radius 2 is 1.88 bits per heavy atom. The van der Waals surface area contributed by atoms with Gasteiger partial charge >= 0.3 is 0 Å². The smallest absolute Gasteiger partial charge is 0.195 e. The summed E-state index contributed by atoms with van der Waals surface area (Å²) in [5.74, 6) is 0.518. The van der Waals surface area contributed by atoms with Crippen LogP contribution < -0.4 is 0 Å². The maximum absolute atomic E-state index is 12.4. The van der Waals surface area contributed by atoms with E-state index in [-0.39, 0.29) is 30.6 Å². The van der Waals surface area contributed by atoms with Gasteiger partial charge in [-0.05, 0) is 54.5 Å². The summed E-state index contributed by atoms with van der Waals surface area (Å²) >= 11 is 5.92. The summed E-state index contributed by atoms with van der Waals surface area (Å²) in [5.41, 5.74) is 1.59. The van der Waals surface area contributed by atoms with Crippen LogP contribution in [-0.2, 0) is 6.42 Å². The first-order valence-electron chi connectivity index (χ1n) is 8.81. The van der Waals surface area contributed by atoms with E-state index >= 15 is 0 Å². The van der Waals surface area contributed by atoms with Gasteiger partial charge in [0.25, 0.3) is 0 Å². The zero-order valence-electron chi connectivity index (χ0n) is 14.5. The van der Waals surface area contributed by atoms with Crippen LogP contribution in [0.2, 0.25) is 5.02 Å². The number of Topliss-reactive ketones (excluding diaryl/α,β-unsaturated/α-hetero) is 1. The van der Waals surface area contributed by atoms with Gasteiger partial charge in [-0.25, -0.2) is 4.98 Å². The molecule has 2 heterocycles. The summed E-state index contributed by atoms with van der Waals surface area (Å²) in [6.45, 7) is 1.92. The minimum atomic E-state index is -0.0694. The molecule has 3 rings (SSSR count). The monoisotopic (exact) mass is 374 g/mol. The van der Waals surface area contributed by atoms with E-state index in [2.05, 4.69) is 9.88 Å². The number of benzene rings is 1. The minimum absolute atomic E-state index is 0.0466. The van der Waals surface area contributed by atoms with Crippen LogP contribution in [0.25, 0.3) is 0 Å². The van der Waals surface area contributed by atoms with Crippen LogP contribution in [0.15, 0.2) is 42.6 Å². The van der Waals surface area contributed by atoms with E-state index in [1.807, 2.05) is 24.3 Å². The molecule has 1 saturated heterocycles. The van der Waals surface area contributed by atoms with Gasteiger partial charge in [0.05, 0.1) is 12.7 Å². The number of hydrogen-bond acceptors (Lipinski definition) is 5. The number of likely N-dealkylation sites (tertiary alicyclic amines) is 1. The average molecular weight is 375 g/mol. The van der Waals surface area contributed by atoms with Crippen LogP contribution in [-0.4, -0.2) is 52.1 Å². The molecule has 0 amide bonds. The van der Waals surface area contributed by atoms with Gasteiger partial charge < -0.3 is 10.2 Å². The van der Waals surface area contributed by atoms with Crippen molar-refractivity contribution < 1.29 is 15.0 Å². The number of carbonyl (C=O) groups is 1. The number of rotatable bonds is 7. The highest BCUT2D eigenvalue weighted by Gasteiger charge is 2.32. The summed E-state index contributed by atoms with van der Waals surface area (Å²) in [7, 11) is 0. The number of ketones is 1. The van der Waals surface area contributed by atoms with Crippen LogP contribution in [0.1, 0.15) is 22.5 Å². The number of hydrogen-bond donors (Lipinski definition) is 2. The molecular formula is C20H23ClN2O3. The summed E-state index contributed by atoms with van der Waals surface area (Å²) in [5, 5.41) is 19.7. The van der Waals surface area contributed by atoms with Crippen molar-refractivity contribution in [2.45, 2.75) is 12.8 Å². The van der Waals surface area contributed by atoms with E-state index in [9.17, 15) is 15.0 Å². The number of pyridine rings is 1. The first-order valence-corrected chi connectivity index (χ1v) is 9.19. The van der Waals surface area contributed by atoms with E-state index in [1.165, 1.54) is 23.9 Å². The number of aliphatic hydroxyl groups excluding tert-OH is 1. The van der Waals surface area contributed by atoms with E-state index in [0.717, 1.165) is 24.4 Å². The van der Waals surface area contributed by atoms with Crippen molar-refractivity contribution in [3.63, 3.8) is 0 Å². The van der Waals surface area contributed by atoms with Crippen molar-refractivity contribution in [1.82, 2.24) is 9.88 Å². The third-order valence-electron chi connectivity index (χ3n) is 5.00. The van der Waals surface area contributed by atoms with Gasteiger partial charge in [-0.15, -0.1) is 0 Å². The number of nitrogens with zero attached hydrogens (tertiary/aromatic N) is 2. The third kappa shape index (κ3) is 4.81. The Kier molecular flexibility index (Phi) is 6.25. The Bertz CT molecular complexity index is 734. The van der Waals surface area contributed by atoms with E-state index < -0.39 is 0 Å². The number of carbonyl (C=O) groups excluding carboxylic acids is 1. The lowest BCUT2D eigenvalue weighted by Crippen LogP contribution is -2.28. The molecule has 0 unspecified atom stereocenters. The van der Waals surface area contributed by atoms with Gasteiger partial charge in [0.1, 0.15) is 11.4 Å². The minimum Gasteiger partial charge on any atom is -0.506 e. The van der Waals surface area contributed by atoms with E-state index in [4.69, 9.17) is 11.6 Å². The fraction of sp³-hybridized carbons (Fsp3) is 0.400. The van der Waals surface area contributed by atoms with Crippen LogP contribution >= 0.6 is 11.6 Å². The molecule has 2 N–H and O–H groups in total. The fourth-order valence-electron chi connectivity index (χ4n) is 3.54. The molecule has 1 aliphatic rings. The van der Waals surface area contributed by atoms with Crippen molar-refractivity contribution in [3.8, 4) is 5.75 Å². The van der Waals surface area contributed by atoms with Crippen molar-refractivity contribution in [1.29, 1.82) is 0 Å². The number of aliphatic hydroxyl groups is 1. The summed E-state index contributed by atoms with van der Waals surface area (Å²) < 4.78 is 0. The predicted octanol–water partition coefficient (Wildman–Crippen LogP) is 2.80. The van der Waals surface area contributed by atoms with Crippen molar-refractivity contribution in [2.24, 2.45) is 11.8 Å². The molecule has 6 heteroatoms. The molecule has 1 aromatic carbocycles. The first-order chi connectivity index (χ1) is 12.5. The fourth-order valence-corrected chi connectivity index (χ4v) is 3.66. The molecule has 0 saturated carbocycles. The van der Waals surface area contributed by atoms with Gasteiger partial charge in [-0.2, -0.15) is 0 Å². The quantitative estimate of drug-likeness (QED) is 0.729. The van der Waals surface area contributed by atoms with E-state index in [1.54, 1.807) is 0 Å². The second-order valence-electron chi connectivity index (χ2n) is 6.89. The second kappa shape index (κ2) is 8.62. The molecule has 0 aliphatic carbocycles. The normalized spacial score (nSPS) is 20.4. The summed E-state index contributed by atoms with van der Waals surface area (Å²) in [6.07, 6.45) is 3.18. The van der Waals surface area contributed by atoms with Crippen LogP contribution in [0, 0.1) is 11.8 Å². The molecule has 1 fully saturated rings. The summed E-state index contributed by atoms with van der Waals surface area (Å²) in [6, 6.07) is 10.9. The zero-order chi connectivity index (χ0) is 18.5. The molecule has 26 heavy (non-hydrogen) atoms. The molecule has 2 atom stereocenters. The number of halogens is 1. The zero-order valence-corrected chi connectivity index (χ0v) is 15.3. The largest absolute Gasteiger partial charge is 0.506 e. The van der Waals surface area contributed by atoms with Gasteiger partial charge in [0.2, 0.25) is 0 Å². The van der Waals surface area contributed by atoms with Crippen LogP contribution in [0.4, 0.5) is 0 Å². The van der Waals surface area contributed by atoms with Crippen molar-refractivity contribution in [3.05, 3.63) is 58.9 Å². The van der Waals surface area contributed by atoms with Crippen LogP contribution in [0.3, 0.4) is 0 Å².